The third kappa shape index (κ3) is 5.03. The summed E-state index contributed by atoms with van der Waals surface area (Å²) in [6.07, 6.45) is 6.96. The van der Waals surface area contributed by atoms with Crippen LogP contribution >= 0.6 is 0 Å². The van der Waals surface area contributed by atoms with Crippen molar-refractivity contribution in [2.45, 2.75) is 46.1 Å². The van der Waals surface area contributed by atoms with Crippen molar-refractivity contribution < 1.29 is 4.42 Å². The van der Waals surface area contributed by atoms with Gasteiger partial charge in [-0.2, -0.15) is 0 Å². The lowest BCUT2D eigenvalue weighted by atomic mass is 9.98. The Kier molecular flexibility index (Phi) is 6.17. The van der Waals surface area contributed by atoms with Crippen LogP contribution in [0.2, 0.25) is 0 Å². The van der Waals surface area contributed by atoms with Gasteiger partial charge in [0.2, 0.25) is 0 Å². The lowest BCUT2D eigenvalue weighted by Crippen LogP contribution is -2.22. The maximum absolute atomic E-state index is 5.27. The minimum Gasteiger partial charge on any atom is -0.468 e. The van der Waals surface area contributed by atoms with Crippen LogP contribution in [0, 0.1) is 5.92 Å². The number of hydrogen-bond acceptors (Lipinski definition) is 2. The Morgan fingerprint density at radius 2 is 2.00 bits per heavy atom. The van der Waals surface area contributed by atoms with E-state index in [-0.39, 0.29) is 0 Å². The zero-order chi connectivity index (χ0) is 10.9. The molecule has 15 heavy (non-hydrogen) atoms. The average molecular weight is 209 g/mol. The first-order chi connectivity index (χ1) is 7.36. The van der Waals surface area contributed by atoms with Gasteiger partial charge >= 0.3 is 0 Å². The van der Waals surface area contributed by atoms with Crippen LogP contribution < -0.4 is 5.32 Å². The summed E-state index contributed by atoms with van der Waals surface area (Å²) in [6, 6.07) is 3.95. The third-order valence-electron chi connectivity index (χ3n) is 2.71. The molecule has 1 heterocycles. The van der Waals surface area contributed by atoms with Gasteiger partial charge in [0.15, 0.2) is 0 Å². The molecule has 0 aliphatic carbocycles. The maximum Gasteiger partial charge on any atom is 0.117 e. The molecule has 1 N–H and O–H groups in total. The molecule has 0 saturated carbocycles. The van der Waals surface area contributed by atoms with E-state index in [4.69, 9.17) is 4.42 Å². The molecular formula is C13H23NO. The number of nitrogens with one attached hydrogen (secondary N) is 1. The SMILES string of the molecule is CCCC(CCC)CNCc1ccco1. The van der Waals surface area contributed by atoms with Gasteiger partial charge in [0.05, 0.1) is 12.8 Å². The Labute approximate surface area is 93.1 Å². The molecule has 1 rings (SSSR count). The highest BCUT2D eigenvalue weighted by Gasteiger charge is 2.06. The molecule has 0 aliphatic heterocycles. The molecule has 0 aromatic carbocycles. The molecule has 0 fully saturated rings. The first kappa shape index (κ1) is 12.3. The molecule has 0 atom stereocenters. The van der Waals surface area contributed by atoms with Crippen molar-refractivity contribution in [2.24, 2.45) is 5.92 Å². The van der Waals surface area contributed by atoms with Crippen LogP contribution in [0.1, 0.15) is 45.3 Å². The molecule has 0 radical (unpaired) electrons. The zero-order valence-electron chi connectivity index (χ0n) is 9.96. The second kappa shape index (κ2) is 7.52. The number of hydrogen-bond donors (Lipinski definition) is 1. The number of furan rings is 1. The maximum atomic E-state index is 5.27. The van der Waals surface area contributed by atoms with Crippen molar-refractivity contribution in [1.29, 1.82) is 0 Å². The van der Waals surface area contributed by atoms with Gasteiger partial charge in [-0.25, -0.2) is 0 Å². The molecule has 2 heteroatoms. The fourth-order valence-electron chi connectivity index (χ4n) is 1.98. The molecular weight excluding hydrogens is 186 g/mol. The smallest absolute Gasteiger partial charge is 0.117 e. The molecule has 0 spiro atoms. The second-order valence-electron chi connectivity index (χ2n) is 4.15. The Morgan fingerprint density at radius 1 is 1.27 bits per heavy atom. The number of rotatable bonds is 8. The van der Waals surface area contributed by atoms with Crippen molar-refractivity contribution in [2.75, 3.05) is 6.54 Å². The molecule has 0 aliphatic rings. The van der Waals surface area contributed by atoms with Crippen LogP contribution in [0.25, 0.3) is 0 Å². The van der Waals surface area contributed by atoms with Gasteiger partial charge in [-0.05, 0) is 37.4 Å². The standard InChI is InChI=1S/C13H23NO/c1-3-6-12(7-4-2)10-14-11-13-8-5-9-15-13/h5,8-9,12,14H,3-4,6-7,10-11H2,1-2H3. The molecule has 2 nitrogen and oxygen atoms in total. The van der Waals surface area contributed by atoms with Crippen LogP contribution in [0.15, 0.2) is 22.8 Å². The fraction of sp³-hybridized carbons (Fsp3) is 0.692. The lowest BCUT2D eigenvalue weighted by Gasteiger charge is -2.15. The van der Waals surface area contributed by atoms with Crippen LogP contribution in [-0.4, -0.2) is 6.54 Å². The summed E-state index contributed by atoms with van der Waals surface area (Å²) in [5.74, 6) is 1.86. The summed E-state index contributed by atoms with van der Waals surface area (Å²) < 4.78 is 5.27. The quantitative estimate of drug-likeness (QED) is 0.708. The summed E-state index contributed by atoms with van der Waals surface area (Å²) in [6.45, 7) is 6.49. The predicted octanol–water partition coefficient (Wildman–Crippen LogP) is 3.59. The third-order valence-corrected chi connectivity index (χ3v) is 2.71. The average Bonchev–Trinajstić information content (AvgIpc) is 2.71. The predicted molar refractivity (Wildman–Crippen MR) is 63.7 cm³/mol. The van der Waals surface area contributed by atoms with E-state index >= 15 is 0 Å². The largest absolute Gasteiger partial charge is 0.468 e. The molecule has 0 saturated heterocycles. The molecule has 1 aromatic rings. The van der Waals surface area contributed by atoms with E-state index in [0.29, 0.717) is 0 Å². The Balaban J connectivity index is 2.15. The highest BCUT2D eigenvalue weighted by Crippen LogP contribution is 2.12. The van der Waals surface area contributed by atoms with E-state index in [2.05, 4.69) is 19.2 Å². The van der Waals surface area contributed by atoms with Crippen LogP contribution in [-0.2, 0) is 6.54 Å². The summed E-state index contributed by atoms with van der Waals surface area (Å²) in [4.78, 5) is 0. The fourth-order valence-corrected chi connectivity index (χ4v) is 1.98. The van der Waals surface area contributed by atoms with E-state index < -0.39 is 0 Å². The van der Waals surface area contributed by atoms with Crippen molar-refractivity contribution in [3.8, 4) is 0 Å². The molecule has 86 valence electrons. The van der Waals surface area contributed by atoms with Gasteiger partial charge in [0.25, 0.3) is 0 Å². The minimum absolute atomic E-state index is 0.829. The van der Waals surface area contributed by atoms with Gasteiger partial charge in [-0.15, -0.1) is 0 Å². The molecule has 0 amide bonds. The normalized spacial score (nSPS) is 11.1. The lowest BCUT2D eigenvalue weighted by molar-refractivity contribution is 0.395. The van der Waals surface area contributed by atoms with Gasteiger partial charge in [-0.3, -0.25) is 0 Å². The van der Waals surface area contributed by atoms with Crippen LogP contribution in [0.4, 0.5) is 0 Å². The zero-order valence-corrected chi connectivity index (χ0v) is 9.96. The van der Waals surface area contributed by atoms with Gasteiger partial charge in [-0.1, -0.05) is 26.7 Å². The Morgan fingerprint density at radius 3 is 2.53 bits per heavy atom. The van der Waals surface area contributed by atoms with E-state index in [0.717, 1.165) is 24.8 Å². The highest BCUT2D eigenvalue weighted by molar-refractivity contribution is 4.97. The van der Waals surface area contributed by atoms with Crippen molar-refractivity contribution >= 4 is 0 Å². The van der Waals surface area contributed by atoms with Crippen LogP contribution in [0.3, 0.4) is 0 Å². The van der Waals surface area contributed by atoms with E-state index in [1.807, 2.05) is 12.1 Å². The summed E-state index contributed by atoms with van der Waals surface area (Å²) in [5.41, 5.74) is 0. The van der Waals surface area contributed by atoms with Gasteiger partial charge < -0.3 is 9.73 Å². The monoisotopic (exact) mass is 209 g/mol. The van der Waals surface area contributed by atoms with Crippen molar-refractivity contribution in [3.05, 3.63) is 24.2 Å². The topological polar surface area (TPSA) is 25.2 Å². The molecule has 1 aromatic heterocycles. The van der Waals surface area contributed by atoms with E-state index in [1.165, 1.54) is 25.7 Å². The summed E-state index contributed by atoms with van der Waals surface area (Å²) >= 11 is 0. The molecule has 0 bridgehead atoms. The van der Waals surface area contributed by atoms with Crippen molar-refractivity contribution in [3.63, 3.8) is 0 Å². The summed E-state index contributed by atoms with van der Waals surface area (Å²) in [5, 5.41) is 3.46. The van der Waals surface area contributed by atoms with Gasteiger partial charge in [0.1, 0.15) is 5.76 Å². The van der Waals surface area contributed by atoms with Crippen molar-refractivity contribution in [1.82, 2.24) is 5.32 Å². The second-order valence-corrected chi connectivity index (χ2v) is 4.15. The molecule has 0 unspecified atom stereocenters. The van der Waals surface area contributed by atoms with Crippen LogP contribution in [0.5, 0.6) is 0 Å². The first-order valence-electron chi connectivity index (χ1n) is 6.09. The van der Waals surface area contributed by atoms with E-state index in [1.54, 1.807) is 6.26 Å². The van der Waals surface area contributed by atoms with E-state index in [9.17, 15) is 0 Å². The summed E-state index contributed by atoms with van der Waals surface area (Å²) in [7, 11) is 0. The first-order valence-corrected chi connectivity index (χ1v) is 6.09. The Bertz CT molecular complexity index is 225. The highest BCUT2D eigenvalue weighted by atomic mass is 16.3. The minimum atomic E-state index is 0.829. The van der Waals surface area contributed by atoms with Gasteiger partial charge in [0, 0.05) is 0 Å². The Hall–Kier alpha value is -0.760.